The molecule has 2 N–H and O–H groups in total. The lowest BCUT2D eigenvalue weighted by atomic mass is 9.70. The van der Waals surface area contributed by atoms with Gasteiger partial charge in [0.2, 0.25) is 0 Å². The lowest BCUT2D eigenvalue weighted by Crippen LogP contribution is -2.30. The summed E-state index contributed by atoms with van der Waals surface area (Å²) in [6.45, 7) is 2.85. The summed E-state index contributed by atoms with van der Waals surface area (Å²) in [6, 6.07) is 0. The lowest BCUT2D eigenvalue weighted by molar-refractivity contribution is 0.210. The van der Waals surface area contributed by atoms with Crippen LogP contribution in [0, 0.1) is 0 Å². The van der Waals surface area contributed by atoms with Gasteiger partial charge in [-0.3, -0.25) is 0 Å². The Bertz CT molecular complexity index is 289. The molecule has 3 heteroatoms. The lowest BCUT2D eigenvalue weighted by Gasteiger charge is -2.34. The fourth-order valence-corrected chi connectivity index (χ4v) is 1.77. The maximum Gasteiger partial charge on any atom is 0.200 e. The van der Waals surface area contributed by atoms with E-state index in [0.717, 1.165) is 18.1 Å². The number of hydrogen-bond donors (Lipinski definition) is 1. The second-order valence-corrected chi connectivity index (χ2v) is 4.08. The van der Waals surface area contributed by atoms with Crippen molar-refractivity contribution in [1.82, 2.24) is 4.98 Å². The van der Waals surface area contributed by atoms with Gasteiger partial charge in [-0.25, -0.2) is 4.98 Å². The second kappa shape index (κ2) is 3.14. The van der Waals surface area contributed by atoms with Crippen molar-refractivity contribution in [3.8, 4) is 0 Å². The molecule has 1 aromatic heterocycles. The molecule has 1 aromatic rings. The Morgan fingerprint density at radius 1 is 1.62 bits per heavy atom. The van der Waals surface area contributed by atoms with Crippen LogP contribution in [0.25, 0.3) is 0 Å². The van der Waals surface area contributed by atoms with Crippen molar-refractivity contribution in [3.63, 3.8) is 0 Å². The quantitative estimate of drug-likeness (QED) is 0.769. The highest BCUT2D eigenvalue weighted by atomic mass is 16.4. The SMILES string of the molecule is CC1(c2ncc(CCN)o2)CCC1. The van der Waals surface area contributed by atoms with Crippen LogP contribution in [0.4, 0.5) is 0 Å². The van der Waals surface area contributed by atoms with Crippen LogP contribution in [0.15, 0.2) is 10.6 Å². The third kappa shape index (κ3) is 1.48. The van der Waals surface area contributed by atoms with Crippen molar-refractivity contribution in [1.29, 1.82) is 0 Å². The number of aromatic nitrogens is 1. The van der Waals surface area contributed by atoms with E-state index in [1.807, 2.05) is 6.20 Å². The van der Waals surface area contributed by atoms with Gasteiger partial charge >= 0.3 is 0 Å². The molecular weight excluding hydrogens is 164 g/mol. The minimum Gasteiger partial charge on any atom is -0.445 e. The van der Waals surface area contributed by atoms with Crippen LogP contribution < -0.4 is 5.73 Å². The van der Waals surface area contributed by atoms with Crippen LogP contribution in [0.2, 0.25) is 0 Å². The first-order valence-electron chi connectivity index (χ1n) is 4.90. The zero-order valence-electron chi connectivity index (χ0n) is 8.05. The Morgan fingerprint density at radius 2 is 2.38 bits per heavy atom. The molecule has 1 fully saturated rings. The third-order valence-electron chi connectivity index (χ3n) is 2.92. The molecule has 3 nitrogen and oxygen atoms in total. The molecule has 0 spiro atoms. The molecule has 0 bridgehead atoms. The van der Waals surface area contributed by atoms with Gasteiger partial charge in [0.25, 0.3) is 0 Å². The highest BCUT2D eigenvalue weighted by Crippen LogP contribution is 2.42. The molecular formula is C10H16N2O. The fraction of sp³-hybridized carbons (Fsp3) is 0.700. The van der Waals surface area contributed by atoms with Crippen molar-refractivity contribution in [3.05, 3.63) is 17.8 Å². The largest absolute Gasteiger partial charge is 0.445 e. The van der Waals surface area contributed by atoms with Crippen LogP contribution in [-0.4, -0.2) is 11.5 Å². The maximum absolute atomic E-state index is 5.64. The van der Waals surface area contributed by atoms with Crippen molar-refractivity contribution in [2.45, 2.75) is 38.0 Å². The van der Waals surface area contributed by atoms with Crippen LogP contribution in [0.1, 0.15) is 37.8 Å². The minimum atomic E-state index is 0.215. The molecule has 0 aromatic carbocycles. The molecule has 72 valence electrons. The first-order valence-corrected chi connectivity index (χ1v) is 4.90. The number of nitrogens with zero attached hydrogens (tertiary/aromatic N) is 1. The van der Waals surface area contributed by atoms with Crippen molar-refractivity contribution < 1.29 is 4.42 Å². The Kier molecular flexibility index (Phi) is 2.12. The van der Waals surface area contributed by atoms with E-state index in [0.29, 0.717) is 6.54 Å². The highest BCUT2D eigenvalue weighted by molar-refractivity contribution is 5.10. The first kappa shape index (κ1) is 8.75. The monoisotopic (exact) mass is 180 g/mol. The standard InChI is InChI=1S/C10H16N2O/c1-10(4-2-5-10)9-12-7-8(13-9)3-6-11/h7H,2-6,11H2,1H3. The number of oxazole rings is 1. The van der Waals surface area contributed by atoms with Crippen molar-refractivity contribution in [2.24, 2.45) is 5.73 Å². The van der Waals surface area contributed by atoms with Crippen LogP contribution in [0.3, 0.4) is 0 Å². The summed E-state index contributed by atoms with van der Waals surface area (Å²) in [7, 11) is 0. The van der Waals surface area contributed by atoms with Crippen LogP contribution in [-0.2, 0) is 11.8 Å². The fourth-order valence-electron chi connectivity index (χ4n) is 1.77. The summed E-state index contributed by atoms with van der Waals surface area (Å²) in [5.41, 5.74) is 5.65. The zero-order valence-corrected chi connectivity index (χ0v) is 8.05. The molecule has 13 heavy (non-hydrogen) atoms. The molecule has 0 amide bonds. The van der Waals surface area contributed by atoms with Gasteiger partial charge in [0.15, 0.2) is 5.89 Å². The summed E-state index contributed by atoms with van der Waals surface area (Å²) in [6.07, 6.45) is 6.31. The summed E-state index contributed by atoms with van der Waals surface area (Å²) in [4.78, 5) is 4.31. The molecule has 1 heterocycles. The number of rotatable bonds is 3. The third-order valence-corrected chi connectivity index (χ3v) is 2.92. The molecule has 0 unspecified atom stereocenters. The van der Waals surface area contributed by atoms with E-state index in [1.165, 1.54) is 19.3 Å². The van der Waals surface area contributed by atoms with Gasteiger partial charge in [0.05, 0.1) is 6.20 Å². The second-order valence-electron chi connectivity index (χ2n) is 4.08. The summed E-state index contributed by atoms with van der Waals surface area (Å²) in [5, 5.41) is 0. The molecule has 0 saturated heterocycles. The van der Waals surface area contributed by atoms with Gasteiger partial charge in [-0.05, 0) is 19.4 Å². The van der Waals surface area contributed by atoms with Gasteiger partial charge < -0.3 is 10.2 Å². The predicted octanol–water partition coefficient (Wildman–Crippen LogP) is 1.62. The van der Waals surface area contributed by atoms with Gasteiger partial charge in [0.1, 0.15) is 5.76 Å². The predicted molar refractivity (Wildman–Crippen MR) is 50.5 cm³/mol. The molecule has 1 saturated carbocycles. The average molecular weight is 180 g/mol. The highest BCUT2D eigenvalue weighted by Gasteiger charge is 2.37. The normalized spacial score (nSPS) is 19.8. The summed E-state index contributed by atoms with van der Waals surface area (Å²) in [5.74, 6) is 1.83. The molecule has 1 aliphatic rings. The van der Waals surface area contributed by atoms with E-state index in [9.17, 15) is 0 Å². The van der Waals surface area contributed by atoms with E-state index in [2.05, 4.69) is 11.9 Å². The van der Waals surface area contributed by atoms with Crippen molar-refractivity contribution in [2.75, 3.05) is 6.54 Å². The van der Waals surface area contributed by atoms with Crippen LogP contribution >= 0.6 is 0 Å². The van der Waals surface area contributed by atoms with E-state index in [1.54, 1.807) is 0 Å². The molecule has 0 atom stereocenters. The summed E-state index contributed by atoms with van der Waals surface area (Å²) < 4.78 is 5.64. The van der Waals surface area contributed by atoms with E-state index in [4.69, 9.17) is 10.2 Å². The van der Waals surface area contributed by atoms with Crippen LogP contribution in [0.5, 0.6) is 0 Å². The van der Waals surface area contributed by atoms with Gasteiger partial charge in [-0.2, -0.15) is 0 Å². The smallest absolute Gasteiger partial charge is 0.200 e. The van der Waals surface area contributed by atoms with Gasteiger partial charge in [-0.1, -0.05) is 13.3 Å². The molecule has 1 aliphatic carbocycles. The Hall–Kier alpha value is -0.830. The molecule has 0 radical (unpaired) electrons. The van der Waals surface area contributed by atoms with Gasteiger partial charge in [0, 0.05) is 11.8 Å². The Labute approximate surface area is 78.3 Å². The Morgan fingerprint density at radius 3 is 2.92 bits per heavy atom. The number of hydrogen-bond acceptors (Lipinski definition) is 3. The number of nitrogens with two attached hydrogens (primary N) is 1. The van der Waals surface area contributed by atoms with E-state index >= 15 is 0 Å². The first-order chi connectivity index (χ1) is 6.24. The minimum absolute atomic E-state index is 0.215. The zero-order chi connectivity index (χ0) is 9.31. The van der Waals surface area contributed by atoms with Gasteiger partial charge in [-0.15, -0.1) is 0 Å². The van der Waals surface area contributed by atoms with Crippen molar-refractivity contribution >= 4 is 0 Å². The average Bonchev–Trinajstić information content (AvgIpc) is 2.50. The van der Waals surface area contributed by atoms with E-state index < -0.39 is 0 Å². The Balaban J connectivity index is 2.12. The maximum atomic E-state index is 5.64. The summed E-state index contributed by atoms with van der Waals surface area (Å²) >= 11 is 0. The molecule has 0 aliphatic heterocycles. The topological polar surface area (TPSA) is 52.0 Å². The van der Waals surface area contributed by atoms with E-state index in [-0.39, 0.29) is 5.41 Å². The molecule has 2 rings (SSSR count).